The lowest BCUT2D eigenvalue weighted by atomic mass is 10.2. The number of anilines is 1. The number of hydrogen-bond donors (Lipinski definition) is 2. The highest BCUT2D eigenvalue weighted by Gasteiger charge is 2.19. The number of amides is 1. The van der Waals surface area contributed by atoms with Crippen molar-refractivity contribution < 1.29 is 9.18 Å². The monoisotopic (exact) mass is 457 g/mol. The highest BCUT2D eigenvalue weighted by atomic mass is 19.1. The second-order valence-electron chi connectivity index (χ2n) is 8.34. The van der Waals surface area contributed by atoms with Crippen molar-refractivity contribution in [2.75, 3.05) is 5.32 Å². The van der Waals surface area contributed by atoms with Crippen molar-refractivity contribution in [2.45, 2.75) is 78.8 Å². The Morgan fingerprint density at radius 2 is 1.82 bits per heavy atom. The maximum Gasteiger partial charge on any atom is 0.330 e. The molecule has 2 aromatic heterocycles. The fourth-order valence-electron chi connectivity index (χ4n) is 3.81. The molecule has 0 spiro atoms. The Morgan fingerprint density at radius 1 is 1.09 bits per heavy atom. The van der Waals surface area contributed by atoms with E-state index in [1.807, 2.05) is 11.5 Å². The van der Waals surface area contributed by atoms with Gasteiger partial charge < -0.3 is 9.88 Å². The van der Waals surface area contributed by atoms with Crippen molar-refractivity contribution >= 4 is 22.8 Å². The molecule has 3 rings (SSSR count). The zero-order valence-corrected chi connectivity index (χ0v) is 19.5. The minimum atomic E-state index is -0.468. The predicted octanol–water partition coefficient (Wildman–Crippen LogP) is 3.90. The van der Waals surface area contributed by atoms with E-state index in [0.29, 0.717) is 47.7 Å². The Hall–Kier alpha value is -3.23. The molecule has 0 aliphatic carbocycles. The molecule has 0 fully saturated rings. The summed E-state index contributed by atoms with van der Waals surface area (Å²) >= 11 is 0. The Kier molecular flexibility index (Phi) is 8.19. The summed E-state index contributed by atoms with van der Waals surface area (Å²) in [4.78, 5) is 44.7. The zero-order chi connectivity index (χ0) is 24.0. The summed E-state index contributed by atoms with van der Waals surface area (Å²) in [5, 5.41) is 2.71. The number of imidazole rings is 1. The first kappa shape index (κ1) is 24.4. The van der Waals surface area contributed by atoms with Crippen LogP contribution < -0.4 is 16.6 Å². The third kappa shape index (κ3) is 5.77. The van der Waals surface area contributed by atoms with E-state index in [2.05, 4.69) is 22.2 Å². The van der Waals surface area contributed by atoms with Crippen molar-refractivity contribution in [1.82, 2.24) is 19.1 Å². The summed E-state index contributed by atoms with van der Waals surface area (Å²) in [6.07, 6.45) is 4.97. The number of aromatic nitrogens is 4. The van der Waals surface area contributed by atoms with Crippen LogP contribution in [0.25, 0.3) is 11.2 Å². The first-order valence-electron chi connectivity index (χ1n) is 11.6. The number of nitrogens with zero attached hydrogens (tertiary/aromatic N) is 3. The Labute approximate surface area is 191 Å². The summed E-state index contributed by atoms with van der Waals surface area (Å²) < 4.78 is 17.1. The van der Waals surface area contributed by atoms with Crippen LogP contribution in [-0.2, 0) is 24.3 Å². The zero-order valence-electron chi connectivity index (χ0n) is 19.5. The predicted molar refractivity (Wildman–Crippen MR) is 127 cm³/mol. The molecule has 3 aromatic rings. The molecule has 1 amide bonds. The van der Waals surface area contributed by atoms with Gasteiger partial charge in [0.2, 0.25) is 5.91 Å². The lowest BCUT2D eigenvalue weighted by molar-refractivity contribution is -0.116. The van der Waals surface area contributed by atoms with Crippen LogP contribution in [0.5, 0.6) is 0 Å². The van der Waals surface area contributed by atoms with Crippen LogP contribution in [0.3, 0.4) is 0 Å². The van der Waals surface area contributed by atoms with Gasteiger partial charge in [-0.15, -0.1) is 0 Å². The van der Waals surface area contributed by atoms with E-state index >= 15 is 0 Å². The summed E-state index contributed by atoms with van der Waals surface area (Å²) in [6.45, 7) is 6.83. The fourth-order valence-corrected chi connectivity index (χ4v) is 3.81. The Bertz CT molecular complexity index is 1240. The molecule has 0 bridgehead atoms. The molecule has 1 aromatic carbocycles. The van der Waals surface area contributed by atoms with Crippen molar-refractivity contribution in [2.24, 2.45) is 0 Å². The lowest BCUT2D eigenvalue weighted by Crippen LogP contribution is -2.31. The largest absolute Gasteiger partial charge is 0.330 e. The highest BCUT2D eigenvalue weighted by molar-refractivity contribution is 5.90. The van der Waals surface area contributed by atoms with Gasteiger partial charge in [0.15, 0.2) is 11.2 Å². The standard InChI is InChI=1S/C24H32FN5O3/c1-4-6-8-14-29-19(11-12-20(31)26-17-10-9-16(3)18(25)15-17)27-22-21(29)23(32)28-24(33)30(22)13-7-5-2/h9-10,15H,4-8,11-14H2,1-3H3,(H,26,31)(H,28,32,33). The second-order valence-corrected chi connectivity index (χ2v) is 8.34. The Morgan fingerprint density at radius 3 is 2.52 bits per heavy atom. The maximum absolute atomic E-state index is 13.8. The number of aryl methyl sites for hydroxylation is 4. The molecule has 0 aliphatic rings. The second kappa shape index (κ2) is 11.1. The van der Waals surface area contributed by atoms with Gasteiger partial charge >= 0.3 is 5.69 Å². The Balaban J connectivity index is 1.89. The molecule has 8 nitrogen and oxygen atoms in total. The number of nitrogens with one attached hydrogen (secondary N) is 2. The van der Waals surface area contributed by atoms with Crippen molar-refractivity contribution in [1.29, 1.82) is 0 Å². The minimum absolute atomic E-state index is 0.115. The van der Waals surface area contributed by atoms with Crippen LogP contribution in [0.1, 0.15) is 63.8 Å². The van der Waals surface area contributed by atoms with Crippen LogP contribution in [0.4, 0.5) is 10.1 Å². The number of carbonyl (C=O) groups is 1. The van der Waals surface area contributed by atoms with Gasteiger partial charge in [-0.2, -0.15) is 0 Å². The molecule has 0 atom stereocenters. The van der Waals surface area contributed by atoms with Gasteiger partial charge in [0.05, 0.1) is 0 Å². The fraction of sp³-hybridized carbons (Fsp3) is 0.500. The van der Waals surface area contributed by atoms with Crippen molar-refractivity contribution in [3.05, 3.63) is 56.2 Å². The molecular formula is C24H32FN5O3. The van der Waals surface area contributed by atoms with E-state index in [1.165, 1.54) is 10.6 Å². The number of rotatable bonds is 11. The summed E-state index contributed by atoms with van der Waals surface area (Å²) in [7, 11) is 0. The molecule has 9 heteroatoms. The van der Waals surface area contributed by atoms with E-state index in [1.54, 1.807) is 19.1 Å². The molecule has 0 radical (unpaired) electrons. The minimum Gasteiger partial charge on any atom is -0.326 e. The number of aromatic amines is 1. The van der Waals surface area contributed by atoms with E-state index < -0.39 is 11.2 Å². The molecule has 178 valence electrons. The van der Waals surface area contributed by atoms with E-state index in [9.17, 15) is 18.8 Å². The summed E-state index contributed by atoms with van der Waals surface area (Å²) in [5.74, 6) is -0.0646. The van der Waals surface area contributed by atoms with Crippen LogP contribution in [0.2, 0.25) is 0 Å². The molecule has 2 heterocycles. The molecule has 0 unspecified atom stereocenters. The number of hydrogen-bond acceptors (Lipinski definition) is 4. The summed E-state index contributed by atoms with van der Waals surface area (Å²) in [6, 6.07) is 4.56. The van der Waals surface area contributed by atoms with Gasteiger partial charge in [-0.3, -0.25) is 19.1 Å². The average molecular weight is 458 g/mol. The third-order valence-electron chi connectivity index (χ3n) is 5.72. The average Bonchev–Trinajstić information content (AvgIpc) is 3.14. The maximum atomic E-state index is 13.8. The van der Waals surface area contributed by atoms with Gasteiger partial charge in [0.1, 0.15) is 11.6 Å². The number of fused-ring (bicyclic) bond motifs is 1. The van der Waals surface area contributed by atoms with Gasteiger partial charge in [0.25, 0.3) is 5.56 Å². The summed E-state index contributed by atoms with van der Waals surface area (Å²) in [5.41, 5.74) is 0.711. The van der Waals surface area contributed by atoms with Gasteiger partial charge in [-0.05, 0) is 37.5 Å². The highest BCUT2D eigenvalue weighted by Crippen LogP contribution is 2.17. The van der Waals surface area contributed by atoms with E-state index in [4.69, 9.17) is 0 Å². The topological polar surface area (TPSA) is 102 Å². The SMILES string of the molecule is CCCCCn1c(CCC(=O)Nc2ccc(C)c(F)c2)nc2c1c(=O)[nH]c(=O)n2CCCC. The lowest BCUT2D eigenvalue weighted by Gasteiger charge is -2.09. The molecule has 33 heavy (non-hydrogen) atoms. The van der Waals surface area contributed by atoms with Crippen LogP contribution >= 0.6 is 0 Å². The smallest absolute Gasteiger partial charge is 0.326 e. The third-order valence-corrected chi connectivity index (χ3v) is 5.72. The van der Waals surface area contributed by atoms with Crippen molar-refractivity contribution in [3.63, 3.8) is 0 Å². The molecule has 0 saturated heterocycles. The number of halogens is 1. The molecule has 2 N–H and O–H groups in total. The van der Waals surface area contributed by atoms with Gasteiger partial charge in [-0.25, -0.2) is 14.2 Å². The van der Waals surface area contributed by atoms with Gasteiger partial charge in [-0.1, -0.05) is 39.2 Å². The number of benzene rings is 1. The molecule has 0 saturated carbocycles. The normalized spacial score (nSPS) is 11.3. The number of unbranched alkanes of at least 4 members (excludes halogenated alkanes) is 3. The molecular weight excluding hydrogens is 425 g/mol. The number of H-pyrrole nitrogens is 1. The molecule has 0 aliphatic heterocycles. The quantitative estimate of drug-likeness (QED) is 0.427. The van der Waals surface area contributed by atoms with Gasteiger partial charge in [0, 0.05) is 31.6 Å². The van der Waals surface area contributed by atoms with E-state index in [0.717, 1.165) is 32.1 Å². The van der Waals surface area contributed by atoms with Crippen LogP contribution in [-0.4, -0.2) is 25.0 Å². The number of carbonyl (C=O) groups excluding carboxylic acids is 1. The van der Waals surface area contributed by atoms with Crippen LogP contribution in [0.15, 0.2) is 27.8 Å². The van der Waals surface area contributed by atoms with E-state index in [-0.39, 0.29) is 18.1 Å². The van der Waals surface area contributed by atoms with Crippen molar-refractivity contribution in [3.8, 4) is 0 Å². The first-order valence-corrected chi connectivity index (χ1v) is 11.6. The first-order chi connectivity index (χ1) is 15.8. The van der Waals surface area contributed by atoms with Crippen LogP contribution in [0, 0.1) is 12.7 Å².